The number of halogens is 5. The summed E-state index contributed by atoms with van der Waals surface area (Å²) in [6.45, 7) is 0.442. The van der Waals surface area contributed by atoms with Gasteiger partial charge in [0.2, 0.25) is 0 Å². The zero-order valence-corrected chi connectivity index (χ0v) is 15.5. The van der Waals surface area contributed by atoms with Crippen molar-refractivity contribution < 1.29 is 22.7 Å². The summed E-state index contributed by atoms with van der Waals surface area (Å²) in [6, 6.07) is 11.8. The molecule has 0 unspecified atom stereocenters. The van der Waals surface area contributed by atoms with E-state index in [0.717, 1.165) is 0 Å². The van der Waals surface area contributed by atoms with Gasteiger partial charge in [-0.3, -0.25) is 4.79 Å². The Morgan fingerprint density at radius 1 is 1.19 bits per heavy atom. The van der Waals surface area contributed by atoms with Crippen molar-refractivity contribution in [2.75, 3.05) is 6.61 Å². The fourth-order valence-corrected chi connectivity index (χ4v) is 3.16. The maximum atomic E-state index is 12.9. The van der Waals surface area contributed by atoms with Crippen LogP contribution in [0.1, 0.15) is 10.4 Å². The first-order chi connectivity index (χ1) is 12.3. The summed E-state index contributed by atoms with van der Waals surface area (Å²) in [5.41, 5.74) is 0.134. The van der Waals surface area contributed by atoms with E-state index >= 15 is 0 Å². The van der Waals surface area contributed by atoms with Gasteiger partial charge in [0.15, 0.2) is 0 Å². The fraction of sp³-hybridized carbons (Fsp3) is 0.167. The van der Waals surface area contributed by atoms with Crippen LogP contribution in [0.2, 0.25) is 5.02 Å². The molecule has 0 aliphatic rings. The summed E-state index contributed by atoms with van der Waals surface area (Å²) in [4.78, 5) is 11.7. The smallest absolute Gasteiger partial charge is 0.454 e. The number of hydrogen-bond acceptors (Lipinski definition) is 2. The third-order valence-corrected chi connectivity index (χ3v) is 4.58. The molecule has 0 atom stereocenters. The van der Waals surface area contributed by atoms with E-state index in [0.29, 0.717) is 20.8 Å². The molecule has 3 nitrogen and oxygen atoms in total. The molecule has 0 spiro atoms. The summed E-state index contributed by atoms with van der Waals surface area (Å²) in [5.74, 6) is -1.38. The minimum Gasteiger partial charge on any atom is -0.490 e. The molecule has 0 radical (unpaired) electrons. The van der Waals surface area contributed by atoms with Crippen LogP contribution in [0.3, 0.4) is 0 Å². The Labute approximate surface area is 160 Å². The van der Waals surface area contributed by atoms with Gasteiger partial charge in [-0.1, -0.05) is 39.7 Å². The molecule has 0 saturated heterocycles. The lowest BCUT2D eigenvalue weighted by molar-refractivity contribution is -0.0884. The predicted molar refractivity (Wildman–Crippen MR) is 97.0 cm³/mol. The molecule has 1 aromatic heterocycles. The molecule has 0 aliphatic carbocycles. The maximum absolute atomic E-state index is 12.9. The molecule has 0 fully saturated rings. The van der Waals surface area contributed by atoms with E-state index in [1.54, 1.807) is 41.0 Å². The molecule has 136 valence electrons. The highest BCUT2D eigenvalue weighted by Gasteiger charge is 2.40. The molecule has 0 saturated carbocycles. The summed E-state index contributed by atoms with van der Waals surface area (Å²) >= 11 is 9.23. The topological polar surface area (TPSA) is 31.2 Å². The van der Waals surface area contributed by atoms with E-state index < -0.39 is 12.0 Å². The Balaban J connectivity index is 1.89. The highest BCUT2D eigenvalue weighted by Crippen LogP contribution is 2.30. The number of Topliss-reactive ketones (excluding diaryl/α,β-unsaturated/α-hetero) is 1. The lowest BCUT2D eigenvalue weighted by Crippen LogP contribution is -2.22. The van der Waals surface area contributed by atoms with E-state index in [1.165, 1.54) is 12.3 Å². The minimum atomic E-state index is -4.94. The Morgan fingerprint density at radius 2 is 1.92 bits per heavy atom. The van der Waals surface area contributed by atoms with Gasteiger partial charge in [-0.15, -0.1) is 0 Å². The first-order valence-corrected chi connectivity index (χ1v) is 8.71. The largest absolute Gasteiger partial charge is 0.490 e. The van der Waals surface area contributed by atoms with Crippen LogP contribution in [0.25, 0.3) is 10.9 Å². The number of nitrogens with zero attached hydrogens (tertiary/aromatic N) is 1. The van der Waals surface area contributed by atoms with Crippen LogP contribution in [-0.4, -0.2) is 23.1 Å². The van der Waals surface area contributed by atoms with E-state index in [4.69, 9.17) is 16.3 Å². The molecule has 3 rings (SSSR count). The number of benzene rings is 2. The molecule has 3 aromatic rings. The van der Waals surface area contributed by atoms with Gasteiger partial charge in [0.25, 0.3) is 5.78 Å². The molecule has 0 bridgehead atoms. The van der Waals surface area contributed by atoms with Gasteiger partial charge in [-0.2, -0.15) is 13.2 Å². The highest BCUT2D eigenvalue weighted by molar-refractivity contribution is 9.10. The summed E-state index contributed by atoms with van der Waals surface area (Å²) < 4.78 is 46.4. The number of carbonyl (C=O) groups is 1. The molecule has 0 N–H and O–H groups in total. The average molecular weight is 447 g/mol. The molecular formula is C18H12BrClF3NO2. The molecule has 26 heavy (non-hydrogen) atoms. The Hall–Kier alpha value is -1.99. The van der Waals surface area contributed by atoms with E-state index in [-0.39, 0.29) is 24.1 Å². The standard InChI is InChI=1S/C18H12BrClF3NO2/c19-11-5-6-15-12(9-11)13(17(25)18(21,22)23)10-24(15)7-8-26-16-4-2-1-3-14(16)20/h1-6,9-10H,7-8H2. The SMILES string of the molecule is O=C(c1cn(CCOc2ccccc2Cl)c2ccc(Br)cc12)C(F)(F)F. The Morgan fingerprint density at radius 3 is 2.62 bits per heavy atom. The number of para-hydroxylation sites is 1. The van der Waals surface area contributed by atoms with Crippen LogP contribution < -0.4 is 4.74 Å². The highest BCUT2D eigenvalue weighted by atomic mass is 79.9. The average Bonchev–Trinajstić information content (AvgIpc) is 2.92. The van der Waals surface area contributed by atoms with Crippen LogP contribution >= 0.6 is 27.5 Å². The molecule has 0 amide bonds. The molecule has 2 aromatic carbocycles. The van der Waals surface area contributed by atoms with Crippen molar-refractivity contribution in [1.82, 2.24) is 4.57 Å². The van der Waals surface area contributed by atoms with Crippen molar-refractivity contribution in [3.63, 3.8) is 0 Å². The number of ketones is 1. The van der Waals surface area contributed by atoms with Crippen molar-refractivity contribution in [2.24, 2.45) is 0 Å². The zero-order valence-electron chi connectivity index (χ0n) is 13.2. The van der Waals surface area contributed by atoms with Crippen LogP contribution in [0, 0.1) is 0 Å². The number of carbonyl (C=O) groups excluding carboxylic acids is 1. The third-order valence-electron chi connectivity index (χ3n) is 3.77. The van der Waals surface area contributed by atoms with Crippen LogP contribution in [0.15, 0.2) is 53.1 Å². The molecular weight excluding hydrogens is 435 g/mol. The van der Waals surface area contributed by atoms with Gasteiger partial charge >= 0.3 is 6.18 Å². The predicted octanol–water partition coefficient (Wildman–Crippen LogP) is 5.88. The van der Waals surface area contributed by atoms with Crippen molar-refractivity contribution in [1.29, 1.82) is 0 Å². The normalized spacial score (nSPS) is 11.7. The maximum Gasteiger partial charge on any atom is 0.454 e. The lowest BCUT2D eigenvalue weighted by Gasteiger charge is -2.09. The second-order valence-electron chi connectivity index (χ2n) is 5.50. The van der Waals surface area contributed by atoms with Gasteiger partial charge in [0, 0.05) is 21.6 Å². The van der Waals surface area contributed by atoms with E-state index in [1.807, 2.05) is 0 Å². The zero-order chi connectivity index (χ0) is 18.9. The van der Waals surface area contributed by atoms with Gasteiger partial charge < -0.3 is 9.30 Å². The van der Waals surface area contributed by atoms with Gasteiger partial charge in [-0.05, 0) is 30.3 Å². The lowest BCUT2D eigenvalue weighted by atomic mass is 10.1. The summed E-state index contributed by atoms with van der Waals surface area (Å²) in [6.07, 6.45) is -3.72. The second-order valence-corrected chi connectivity index (χ2v) is 6.83. The molecule has 1 heterocycles. The van der Waals surface area contributed by atoms with Gasteiger partial charge in [0.1, 0.15) is 12.4 Å². The first kappa shape index (κ1) is 18.8. The van der Waals surface area contributed by atoms with Gasteiger partial charge in [-0.25, -0.2) is 0 Å². The quantitative estimate of drug-likeness (QED) is 0.458. The number of fused-ring (bicyclic) bond motifs is 1. The van der Waals surface area contributed by atoms with Crippen LogP contribution in [-0.2, 0) is 6.54 Å². The summed E-state index contributed by atoms with van der Waals surface area (Å²) in [5, 5.41) is 0.682. The fourth-order valence-electron chi connectivity index (χ4n) is 2.60. The minimum absolute atomic E-state index is 0.184. The van der Waals surface area contributed by atoms with Crippen molar-refractivity contribution in [2.45, 2.75) is 12.7 Å². The van der Waals surface area contributed by atoms with Crippen molar-refractivity contribution in [3.05, 3.63) is 63.7 Å². The molecule has 8 heteroatoms. The van der Waals surface area contributed by atoms with Crippen molar-refractivity contribution in [3.8, 4) is 5.75 Å². The number of hydrogen-bond donors (Lipinski definition) is 0. The van der Waals surface area contributed by atoms with E-state index in [2.05, 4.69) is 15.9 Å². The monoisotopic (exact) mass is 445 g/mol. The van der Waals surface area contributed by atoms with Crippen molar-refractivity contribution >= 4 is 44.2 Å². The number of aromatic nitrogens is 1. The first-order valence-electron chi connectivity index (χ1n) is 7.54. The summed E-state index contributed by atoms with van der Waals surface area (Å²) in [7, 11) is 0. The van der Waals surface area contributed by atoms with Gasteiger partial charge in [0.05, 0.1) is 17.1 Å². The second kappa shape index (κ2) is 7.32. The van der Waals surface area contributed by atoms with E-state index in [9.17, 15) is 18.0 Å². The Kier molecular flexibility index (Phi) is 5.29. The van der Waals surface area contributed by atoms with Crippen LogP contribution in [0.4, 0.5) is 13.2 Å². The third kappa shape index (κ3) is 3.88. The molecule has 0 aliphatic heterocycles. The van der Waals surface area contributed by atoms with Crippen LogP contribution in [0.5, 0.6) is 5.75 Å². The Bertz CT molecular complexity index is 969. The number of rotatable bonds is 5. The number of ether oxygens (including phenoxy) is 1. The number of alkyl halides is 3.